The number of nitrogens with zero attached hydrogens (tertiary/aromatic N) is 3. The summed E-state index contributed by atoms with van der Waals surface area (Å²) >= 11 is 0. The van der Waals surface area contributed by atoms with Crippen LogP contribution >= 0.6 is 0 Å². The molecule has 0 N–H and O–H groups in total. The summed E-state index contributed by atoms with van der Waals surface area (Å²) < 4.78 is 4.90. The fraction of sp³-hybridized carbons (Fsp3) is 0. The molecule has 0 bridgehead atoms. The zero-order valence-electron chi connectivity index (χ0n) is 22.8. The molecule has 0 aliphatic rings. The lowest BCUT2D eigenvalue weighted by molar-refractivity contribution is 1.17. The van der Waals surface area contributed by atoms with E-state index in [0.717, 1.165) is 22.5 Å². The maximum atomic E-state index is 4.38. The summed E-state index contributed by atoms with van der Waals surface area (Å²) in [6.45, 7) is 0. The van der Waals surface area contributed by atoms with Gasteiger partial charge in [0.05, 0.1) is 22.1 Å². The minimum absolute atomic E-state index is 1.11. The summed E-state index contributed by atoms with van der Waals surface area (Å²) in [6, 6.07) is 50.4. The predicted octanol–water partition coefficient (Wildman–Crippen LogP) is 10.1. The molecule has 0 atom stereocenters. The number of hydrogen-bond donors (Lipinski definition) is 0. The highest BCUT2D eigenvalue weighted by Crippen LogP contribution is 2.43. The fourth-order valence-electron chi connectivity index (χ4n) is 6.79. The number of fused-ring (bicyclic) bond motifs is 9. The summed E-state index contributed by atoms with van der Waals surface area (Å²) in [4.78, 5) is 4.38. The SMILES string of the molecule is c1ccc(-n2c3ccccc3c3ccc4ccc5c6ccccc6n(-c6cccc(-c7cccnc7)c6)c5c4c32)cc1. The van der Waals surface area contributed by atoms with Gasteiger partial charge in [-0.05, 0) is 53.4 Å². The minimum Gasteiger partial charge on any atom is -0.309 e. The van der Waals surface area contributed by atoms with Crippen LogP contribution in [0, 0.1) is 0 Å². The van der Waals surface area contributed by atoms with Crippen LogP contribution in [-0.4, -0.2) is 14.1 Å². The van der Waals surface area contributed by atoms with Crippen LogP contribution in [0.15, 0.2) is 152 Å². The Morgan fingerprint density at radius 3 is 1.69 bits per heavy atom. The monoisotopic (exact) mass is 535 g/mol. The molecule has 0 saturated carbocycles. The summed E-state index contributed by atoms with van der Waals surface area (Å²) in [5, 5.41) is 7.50. The summed E-state index contributed by atoms with van der Waals surface area (Å²) in [6.07, 6.45) is 3.76. The highest BCUT2D eigenvalue weighted by atomic mass is 15.0. The van der Waals surface area contributed by atoms with Crippen LogP contribution in [0.25, 0.3) is 76.9 Å². The molecule has 0 amide bonds. The maximum Gasteiger partial charge on any atom is 0.0640 e. The largest absolute Gasteiger partial charge is 0.309 e. The highest BCUT2D eigenvalue weighted by molar-refractivity contribution is 6.28. The van der Waals surface area contributed by atoms with Crippen LogP contribution in [0.5, 0.6) is 0 Å². The van der Waals surface area contributed by atoms with Crippen LogP contribution in [-0.2, 0) is 0 Å². The number of para-hydroxylation sites is 3. The van der Waals surface area contributed by atoms with Crippen LogP contribution in [0.2, 0.25) is 0 Å². The second kappa shape index (κ2) is 8.92. The van der Waals surface area contributed by atoms with Crippen molar-refractivity contribution in [2.24, 2.45) is 0 Å². The lowest BCUT2D eigenvalue weighted by Gasteiger charge is -2.14. The third kappa shape index (κ3) is 3.25. The third-order valence-electron chi connectivity index (χ3n) is 8.56. The third-order valence-corrected chi connectivity index (χ3v) is 8.56. The van der Waals surface area contributed by atoms with Crippen LogP contribution in [0.3, 0.4) is 0 Å². The van der Waals surface area contributed by atoms with E-state index in [2.05, 4.69) is 148 Å². The molecule has 6 aromatic carbocycles. The van der Waals surface area contributed by atoms with Crippen LogP contribution < -0.4 is 0 Å². The van der Waals surface area contributed by atoms with Crippen molar-refractivity contribution in [3.05, 3.63) is 152 Å². The van der Waals surface area contributed by atoms with Gasteiger partial charge in [-0.25, -0.2) is 0 Å². The molecule has 0 radical (unpaired) electrons. The Balaban J connectivity index is 1.51. The van der Waals surface area contributed by atoms with Gasteiger partial charge in [-0.15, -0.1) is 0 Å². The molecule has 42 heavy (non-hydrogen) atoms. The van der Waals surface area contributed by atoms with Gasteiger partial charge in [-0.3, -0.25) is 4.98 Å². The summed E-state index contributed by atoms with van der Waals surface area (Å²) in [7, 11) is 0. The van der Waals surface area contributed by atoms with Crippen molar-refractivity contribution in [1.82, 2.24) is 14.1 Å². The average Bonchev–Trinajstić information content (AvgIpc) is 3.59. The average molecular weight is 536 g/mol. The molecule has 0 spiro atoms. The quantitative estimate of drug-likeness (QED) is 0.221. The van der Waals surface area contributed by atoms with Crippen molar-refractivity contribution in [2.45, 2.75) is 0 Å². The molecule has 9 aromatic rings. The summed E-state index contributed by atoms with van der Waals surface area (Å²) in [5.41, 5.74) is 9.42. The maximum absolute atomic E-state index is 4.38. The van der Waals surface area contributed by atoms with Gasteiger partial charge in [0.25, 0.3) is 0 Å². The Hall–Kier alpha value is -5.67. The Labute approximate surface area is 242 Å². The van der Waals surface area contributed by atoms with E-state index < -0.39 is 0 Å². The van der Waals surface area contributed by atoms with Gasteiger partial charge >= 0.3 is 0 Å². The molecular weight excluding hydrogens is 510 g/mol. The van der Waals surface area contributed by atoms with E-state index in [1.54, 1.807) is 0 Å². The van der Waals surface area contributed by atoms with E-state index in [-0.39, 0.29) is 0 Å². The molecule has 0 fully saturated rings. The minimum atomic E-state index is 1.11. The van der Waals surface area contributed by atoms with E-state index in [0.29, 0.717) is 0 Å². The topological polar surface area (TPSA) is 22.8 Å². The van der Waals surface area contributed by atoms with Gasteiger partial charge < -0.3 is 9.13 Å². The van der Waals surface area contributed by atoms with E-state index >= 15 is 0 Å². The van der Waals surface area contributed by atoms with Gasteiger partial charge in [-0.2, -0.15) is 0 Å². The molecule has 3 heterocycles. The molecule has 0 aliphatic carbocycles. The lowest BCUT2D eigenvalue weighted by Crippen LogP contribution is -1.97. The van der Waals surface area contributed by atoms with Crippen molar-refractivity contribution >= 4 is 54.4 Å². The molecule has 0 unspecified atom stereocenters. The Morgan fingerprint density at radius 1 is 0.429 bits per heavy atom. The van der Waals surface area contributed by atoms with Crippen molar-refractivity contribution in [1.29, 1.82) is 0 Å². The molecule has 3 heteroatoms. The molecule has 3 nitrogen and oxygen atoms in total. The van der Waals surface area contributed by atoms with E-state index in [1.165, 1.54) is 54.4 Å². The molecular formula is C39H25N3. The van der Waals surface area contributed by atoms with Crippen molar-refractivity contribution < 1.29 is 0 Å². The first-order chi connectivity index (χ1) is 20.9. The van der Waals surface area contributed by atoms with Gasteiger partial charge in [0.1, 0.15) is 0 Å². The smallest absolute Gasteiger partial charge is 0.0640 e. The van der Waals surface area contributed by atoms with Crippen molar-refractivity contribution in [3.8, 4) is 22.5 Å². The van der Waals surface area contributed by atoms with Gasteiger partial charge in [0.15, 0.2) is 0 Å². The predicted molar refractivity (Wildman–Crippen MR) is 176 cm³/mol. The second-order valence-corrected chi connectivity index (χ2v) is 10.9. The first-order valence-corrected chi connectivity index (χ1v) is 14.3. The van der Waals surface area contributed by atoms with Crippen LogP contribution in [0.1, 0.15) is 0 Å². The number of pyridine rings is 1. The standard InChI is InChI=1S/C39H25N3/c1-2-12-29(13-3-1)41-35-17-6-4-15-31(35)33-21-19-26-20-22-34-32-16-5-7-18-36(32)42(39(34)37(26)38(33)41)30-14-8-10-27(24-30)28-11-9-23-40-25-28/h1-25H. The van der Waals surface area contributed by atoms with Gasteiger partial charge in [0.2, 0.25) is 0 Å². The first-order valence-electron chi connectivity index (χ1n) is 14.3. The van der Waals surface area contributed by atoms with Crippen LogP contribution in [0.4, 0.5) is 0 Å². The number of hydrogen-bond acceptors (Lipinski definition) is 1. The molecule has 0 saturated heterocycles. The normalized spacial score (nSPS) is 11.8. The number of benzene rings is 6. The Kier molecular flexibility index (Phi) is 4.90. The molecule has 9 rings (SSSR count). The van der Waals surface area contributed by atoms with Gasteiger partial charge in [0, 0.05) is 56.3 Å². The van der Waals surface area contributed by atoms with Crippen molar-refractivity contribution in [3.63, 3.8) is 0 Å². The first kappa shape index (κ1) is 23.1. The zero-order valence-corrected chi connectivity index (χ0v) is 22.8. The van der Waals surface area contributed by atoms with E-state index in [1.807, 2.05) is 18.5 Å². The Morgan fingerprint density at radius 2 is 1.02 bits per heavy atom. The fourth-order valence-corrected chi connectivity index (χ4v) is 6.79. The number of aromatic nitrogens is 3. The van der Waals surface area contributed by atoms with Gasteiger partial charge in [-0.1, -0.05) is 97.1 Å². The molecule has 0 aliphatic heterocycles. The zero-order chi connectivity index (χ0) is 27.6. The highest BCUT2D eigenvalue weighted by Gasteiger charge is 2.21. The number of rotatable bonds is 3. The van der Waals surface area contributed by atoms with Crippen molar-refractivity contribution in [2.75, 3.05) is 0 Å². The Bertz CT molecular complexity index is 2440. The summed E-state index contributed by atoms with van der Waals surface area (Å²) in [5.74, 6) is 0. The van der Waals surface area contributed by atoms with E-state index in [4.69, 9.17) is 0 Å². The van der Waals surface area contributed by atoms with E-state index in [9.17, 15) is 0 Å². The lowest BCUT2D eigenvalue weighted by atomic mass is 10.0. The second-order valence-electron chi connectivity index (χ2n) is 10.9. The molecule has 3 aromatic heterocycles. The molecule has 196 valence electrons.